The molecule has 3 saturated heterocycles. The molecule has 12 N–H and O–H groups in total. The first kappa shape index (κ1) is 94.2. The number of Topliss-reactive ketones (excluding diaryl/α,β-unsaturated/α-hetero) is 2. The van der Waals surface area contributed by atoms with E-state index in [0.29, 0.717) is 73.9 Å². The molecule has 0 aliphatic carbocycles. The number of hydrogen-bond donors (Lipinski definition) is 11. The number of carbonyl (C=O) groups excluding carboxylic acids is 11. The van der Waals surface area contributed by atoms with E-state index in [2.05, 4.69) is 42.0 Å². The zero-order valence-electron chi connectivity index (χ0n) is 63.8. The topological polar surface area (TPSA) is 462 Å². The van der Waals surface area contributed by atoms with Crippen molar-refractivity contribution < 1.29 is 137 Å². The minimum Gasteiger partial charge on any atom is -0.496 e. The van der Waals surface area contributed by atoms with E-state index in [-0.39, 0.29) is 122 Å². The molecule has 2 aromatic rings. The highest BCUT2D eigenvalue weighted by atomic mass is 32.2. The number of hydrogen-bond acceptors (Lipinski definition) is 26. The summed E-state index contributed by atoms with van der Waals surface area (Å²) in [6, 6.07) is -3.57. The molecular weight excluding hydrogens is 1550 g/mol. The summed E-state index contributed by atoms with van der Waals surface area (Å²) in [6.45, 7) is 5.58. The van der Waals surface area contributed by atoms with E-state index in [1.165, 1.54) is 25.8 Å². The van der Waals surface area contributed by atoms with E-state index >= 15 is 9.00 Å². The first-order chi connectivity index (χ1) is 54.1. The highest BCUT2D eigenvalue weighted by molar-refractivity contribution is 7.98. The van der Waals surface area contributed by atoms with Gasteiger partial charge < -0.3 is 106 Å². The summed E-state index contributed by atoms with van der Waals surface area (Å²) < 4.78 is 131. The Morgan fingerprint density at radius 1 is 0.717 bits per heavy atom. The smallest absolute Gasteiger partial charge is 0.313 e. The fourth-order valence-electron chi connectivity index (χ4n) is 13.0. The molecule has 4 aliphatic rings. The van der Waals surface area contributed by atoms with Gasteiger partial charge in [-0.05, 0) is 55.4 Å². The molecule has 113 heavy (non-hydrogen) atoms. The Labute approximate surface area is 657 Å². The lowest BCUT2D eigenvalue weighted by Gasteiger charge is -2.33. The summed E-state index contributed by atoms with van der Waals surface area (Å²) in [7, 11) is -0.950. The number of rotatable bonds is 40. The van der Waals surface area contributed by atoms with Gasteiger partial charge in [0.05, 0.1) is 156 Å². The van der Waals surface area contributed by atoms with Crippen LogP contribution in [0.15, 0.2) is 12.1 Å². The van der Waals surface area contributed by atoms with Crippen LogP contribution in [0.5, 0.6) is 11.5 Å². The number of benzene rings is 2. The van der Waals surface area contributed by atoms with Gasteiger partial charge in [0, 0.05) is 90.2 Å². The van der Waals surface area contributed by atoms with Crippen molar-refractivity contribution in [1.82, 2.24) is 36.8 Å². The molecule has 40 heteroatoms. The minimum absolute atomic E-state index is 0.0234. The van der Waals surface area contributed by atoms with E-state index < -0.39 is 228 Å². The number of primary amides is 1. The van der Waals surface area contributed by atoms with Crippen LogP contribution in [0.1, 0.15) is 115 Å². The number of anilines is 1. The van der Waals surface area contributed by atoms with Crippen LogP contribution in [0.4, 0.5) is 27.6 Å². The second-order valence-electron chi connectivity index (χ2n) is 27.4. The summed E-state index contributed by atoms with van der Waals surface area (Å²) in [6.07, 6.45) is -3.42. The van der Waals surface area contributed by atoms with Gasteiger partial charge >= 0.3 is 5.97 Å². The number of thioether (sulfide) groups is 1. The highest BCUT2D eigenvalue weighted by Crippen LogP contribution is 2.49. The lowest BCUT2D eigenvalue weighted by Crippen LogP contribution is -2.60. The number of esters is 1. The van der Waals surface area contributed by atoms with Gasteiger partial charge in [-0.3, -0.25) is 56.9 Å². The molecule has 13 atom stereocenters. The Hall–Kier alpha value is -7.64. The molecule has 4 aliphatic heterocycles. The lowest BCUT2D eigenvalue weighted by atomic mass is 9.81. The number of aliphatic hydroxyl groups is 3. The summed E-state index contributed by atoms with van der Waals surface area (Å²) in [5.74, 6) is -26.6. The number of amides is 8. The maximum Gasteiger partial charge on any atom is 0.313 e. The fraction of sp³-hybridized carbons (Fsp3) is 0.685. The molecule has 3 unspecified atom stereocenters. The number of nitrogens with two attached hydrogens (primary N) is 1. The molecule has 3 fully saturated rings. The number of ether oxygens (including phenoxy) is 9. The van der Waals surface area contributed by atoms with Crippen molar-refractivity contribution in [3.63, 3.8) is 0 Å². The van der Waals surface area contributed by atoms with Crippen molar-refractivity contribution in [3.8, 4) is 11.5 Å². The second-order valence-corrected chi connectivity index (χ2v) is 30.1. The molecule has 0 radical (unpaired) electrons. The number of nitrogens with zero attached hydrogens (tertiary/aromatic N) is 1. The summed E-state index contributed by atoms with van der Waals surface area (Å²) in [5.41, 5.74) is 6.98. The summed E-state index contributed by atoms with van der Waals surface area (Å²) in [5, 5.41) is 49.9. The van der Waals surface area contributed by atoms with Crippen molar-refractivity contribution in [2.75, 3.05) is 149 Å². The molecule has 8 amide bonds. The minimum atomic E-state index is -2.39. The van der Waals surface area contributed by atoms with Crippen molar-refractivity contribution >= 4 is 93.0 Å². The van der Waals surface area contributed by atoms with E-state index in [0.717, 1.165) is 4.90 Å². The fourth-order valence-corrected chi connectivity index (χ4v) is 15.7. The SMILES string of the molecule is CC[C@H](C)[C@@H]1CCCC(=O)CNC(=O)[C@@H]2CCC(=O)[C@H]([C@@H](C)[C@@H](O)CO)NC(=O)[C@@H]3C[C@@H](O)CN3C(=O)[C@H](CC(N)=O)NC(=O)[C@@H](CS(=O)C3Nc4c(ccc(OC)c4CSCCCCNC(=O)CCOCCOCCOCCOCCOCCOCCOCCC(=O)Oc4c(F)c(F)c(F)c(F)c4F)C32)NC(=O)CNC1=O. The highest BCUT2D eigenvalue weighted by Gasteiger charge is 2.49. The van der Waals surface area contributed by atoms with Gasteiger partial charge in [0.1, 0.15) is 29.2 Å². The van der Waals surface area contributed by atoms with Crippen LogP contribution in [-0.4, -0.2) is 275 Å². The predicted octanol–water partition coefficient (Wildman–Crippen LogP) is 0.514. The predicted molar refractivity (Wildman–Crippen MR) is 395 cm³/mol. The Kier molecular flexibility index (Phi) is 41.1. The van der Waals surface area contributed by atoms with Gasteiger partial charge in [0.2, 0.25) is 82.1 Å². The van der Waals surface area contributed by atoms with Gasteiger partial charge in [-0.2, -0.15) is 20.5 Å². The third kappa shape index (κ3) is 29.6. The van der Waals surface area contributed by atoms with Crippen LogP contribution in [0.25, 0.3) is 0 Å². The van der Waals surface area contributed by atoms with Crippen LogP contribution in [0.2, 0.25) is 0 Å². The maximum absolute atomic E-state index is 15.6. The number of ketones is 2. The van der Waals surface area contributed by atoms with Crippen LogP contribution in [0, 0.1) is 52.8 Å². The van der Waals surface area contributed by atoms with Crippen molar-refractivity contribution in [2.45, 2.75) is 151 Å². The molecule has 0 saturated carbocycles. The maximum atomic E-state index is 15.6. The van der Waals surface area contributed by atoms with Gasteiger partial charge in [0.25, 0.3) is 0 Å². The van der Waals surface area contributed by atoms with E-state index in [9.17, 15) is 85.2 Å². The molecule has 4 heterocycles. The normalized spacial score (nSPS) is 23.2. The van der Waals surface area contributed by atoms with Gasteiger partial charge in [-0.25, -0.2) is 13.2 Å². The first-order valence-corrected chi connectivity index (χ1v) is 40.2. The van der Waals surface area contributed by atoms with Crippen molar-refractivity contribution in [1.29, 1.82) is 0 Å². The largest absolute Gasteiger partial charge is 0.496 e. The average molecular weight is 1650 g/mol. The Balaban J connectivity index is 0.999. The van der Waals surface area contributed by atoms with E-state index in [4.69, 9.17) is 43.6 Å². The van der Waals surface area contributed by atoms with Crippen LogP contribution < -0.4 is 52.4 Å². The van der Waals surface area contributed by atoms with Crippen LogP contribution in [0.3, 0.4) is 0 Å². The number of unbranched alkanes of at least 4 members (excludes halogenated alkanes) is 1. The number of aliphatic hydroxyl groups excluding tert-OH is 3. The number of carbonyl (C=O) groups is 11. The molecule has 6 rings (SSSR count). The van der Waals surface area contributed by atoms with E-state index in [1.54, 1.807) is 12.1 Å². The summed E-state index contributed by atoms with van der Waals surface area (Å²) >= 11 is 1.49. The first-order valence-electron chi connectivity index (χ1n) is 37.6. The van der Waals surface area contributed by atoms with Crippen molar-refractivity contribution in [2.24, 2.45) is 29.4 Å². The van der Waals surface area contributed by atoms with Gasteiger partial charge in [-0.15, -0.1) is 0 Å². The zero-order chi connectivity index (χ0) is 82.7. The number of methoxy groups -OCH3 is 1. The van der Waals surface area contributed by atoms with Crippen LogP contribution in [-0.2, 0) is 102 Å². The van der Waals surface area contributed by atoms with E-state index in [1.807, 2.05) is 13.8 Å². The molecule has 0 aromatic heterocycles. The molecule has 2 bridgehead atoms. The average Bonchev–Trinajstić information content (AvgIpc) is 1.60. The Bertz CT molecular complexity index is 3540. The van der Waals surface area contributed by atoms with Crippen molar-refractivity contribution in [3.05, 3.63) is 52.3 Å². The Morgan fingerprint density at radius 3 is 1.88 bits per heavy atom. The summed E-state index contributed by atoms with van der Waals surface area (Å²) in [4.78, 5) is 154. The Morgan fingerprint density at radius 2 is 1.30 bits per heavy atom. The number of halogens is 5. The standard InChI is InChI=1S/C73H106F5N9O24S2/c1-5-41(2)45-10-8-9-43(89)35-81-69(98)47-11-13-52(91)65(42(3)53(92)38-88)85-71(100)51-33-44(90)37-87(51)73(101)49(34-55(79)93)84-70(99)50(83-57(95)36-82-68(45)97)40-113(102)72-59(47)46-12-14-54(103-4)48(66(46)86-72)39-112-32-7-6-17-80-56(94)15-18-104-20-22-106-24-26-108-28-30-110-31-29-109-27-25-107-23-21-105-19-16-58(96)111-67-63(77)61(75)60(74)62(76)64(67)78/h12,14,41-42,44-45,47,49-51,53,59,65,72,86,88,90,92H,5-11,13,15-40H2,1-4H3,(H2,79,93)(H,80,94)(H,81,98)(H,82,97)(H,83,95)(H,84,99)(H,85,100)/t41-,42-,44+,45-,47+,49-,50+,51-,53-,59?,65-,72?,113?/m0/s1. The number of fused-ring (bicyclic) bond motifs is 4. The second kappa shape index (κ2) is 49.3. The lowest BCUT2D eigenvalue weighted by molar-refractivity contribution is -0.143. The third-order valence-electron chi connectivity index (χ3n) is 19.4. The molecule has 0 spiro atoms. The molecule has 2 aromatic carbocycles. The zero-order valence-corrected chi connectivity index (χ0v) is 65.4. The number of nitrogens with one attached hydrogen (secondary N) is 7. The van der Waals surface area contributed by atoms with Gasteiger partial charge in [0.15, 0.2) is 11.6 Å². The molecule has 33 nitrogen and oxygen atoms in total. The quantitative estimate of drug-likeness (QED) is 0.0108. The van der Waals surface area contributed by atoms with Gasteiger partial charge in [-0.1, -0.05) is 33.3 Å². The molecule has 634 valence electrons. The molecular formula is C73H106F5N9O24S2. The third-order valence-corrected chi connectivity index (χ3v) is 22.1. The van der Waals surface area contributed by atoms with Crippen LogP contribution >= 0.6 is 11.8 Å². The monoisotopic (exact) mass is 1650 g/mol.